The van der Waals surface area contributed by atoms with Gasteiger partial charge in [-0.1, -0.05) is 62.2 Å². The van der Waals surface area contributed by atoms with E-state index in [9.17, 15) is 4.79 Å². The molecule has 0 atom stereocenters. The Balaban J connectivity index is 1.88. The highest BCUT2D eigenvalue weighted by Crippen LogP contribution is 2.29. The van der Waals surface area contributed by atoms with Gasteiger partial charge in [0.25, 0.3) is 0 Å². The molecule has 0 bridgehead atoms. The van der Waals surface area contributed by atoms with E-state index in [4.69, 9.17) is 0 Å². The summed E-state index contributed by atoms with van der Waals surface area (Å²) >= 11 is 0. The van der Waals surface area contributed by atoms with E-state index in [0.29, 0.717) is 13.1 Å². The van der Waals surface area contributed by atoms with Crippen molar-refractivity contribution >= 4 is 16.8 Å². The Bertz CT molecular complexity index is 893. The number of amides is 1. The highest BCUT2D eigenvalue weighted by molar-refractivity contribution is 5.88. The van der Waals surface area contributed by atoms with Crippen LogP contribution in [0, 0.1) is 6.92 Å². The lowest BCUT2D eigenvalue weighted by atomic mass is 10.0. The van der Waals surface area contributed by atoms with E-state index in [1.165, 1.54) is 27.7 Å². The number of hydrogen-bond acceptors (Lipinski definition) is 1. The summed E-state index contributed by atoms with van der Waals surface area (Å²) in [5, 5.41) is 4.36. The average molecular weight is 348 g/mol. The van der Waals surface area contributed by atoms with E-state index in [1.54, 1.807) is 0 Å². The summed E-state index contributed by atoms with van der Waals surface area (Å²) in [4.78, 5) is 12.6. The first-order valence-corrected chi connectivity index (χ1v) is 9.55. The number of carbonyl (C=O) groups excluding carboxylic acids is 1. The van der Waals surface area contributed by atoms with Gasteiger partial charge < -0.3 is 9.88 Å². The highest BCUT2D eigenvalue weighted by Gasteiger charge is 2.17. The summed E-state index contributed by atoms with van der Waals surface area (Å²) in [6, 6.07) is 16.6. The molecule has 0 aliphatic carbocycles. The first-order chi connectivity index (χ1) is 12.6. The summed E-state index contributed by atoms with van der Waals surface area (Å²) in [5.41, 5.74) is 6.26. The first kappa shape index (κ1) is 18.2. The van der Waals surface area contributed by atoms with Crippen LogP contribution in [0.1, 0.15) is 42.7 Å². The van der Waals surface area contributed by atoms with Crippen LogP contribution in [0.25, 0.3) is 10.9 Å². The minimum absolute atomic E-state index is 0.0614. The average Bonchev–Trinajstić information content (AvgIpc) is 2.93. The Hall–Kier alpha value is -2.55. The standard InChI is InChI=1S/C23H28N2O/c1-4-9-21-19(5-2)20-14-17(3)12-13-22(20)25(21)16-23(26)24-15-18-10-7-6-8-11-18/h6-8,10-14H,4-5,9,15-16H2,1-3H3,(H,24,26). The number of aryl methyl sites for hydroxylation is 2. The molecule has 0 radical (unpaired) electrons. The van der Waals surface area contributed by atoms with Crippen molar-refractivity contribution in [1.82, 2.24) is 9.88 Å². The van der Waals surface area contributed by atoms with E-state index < -0.39 is 0 Å². The zero-order valence-electron chi connectivity index (χ0n) is 16.0. The molecule has 2 aromatic carbocycles. The lowest BCUT2D eigenvalue weighted by Crippen LogP contribution is -2.27. The number of carbonyl (C=O) groups is 1. The number of aromatic nitrogens is 1. The van der Waals surface area contributed by atoms with Gasteiger partial charge in [-0.3, -0.25) is 4.79 Å². The highest BCUT2D eigenvalue weighted by atomic mass is 16.1. The van der Waals surface area contributed by atoms with Crippen LogP contribution in [-0.2, 0) is 30.7 Å². The van der Waals surface area contributed by atoms with Crippen LogP contribution < -0.4 is 5.32 Å². The van der Waals surface area contributed by atoms with E-state index in [-0.39, 0.29) is 5.91 Å². The van der Waals surface area contributed by atoms with Gasteiger partial charge in [-0.2, -0.15) is 0 Å². The third-order valence-corrected chi connectivity index (χ3v) is 4.92. The molecule has 1 amide bonds. The van der Waals surface area contributed by atoms with Crippen molar-refractivity contribution in [2.45, 2.75) is 53.1 Å². The Labute approximate surface area is 156 Å². The molecule has 3 nitrogen and oxygen atoms in total. The van der Waals surface area contributed by atoms with Crippen molar-refractivity contribution in [3.8, 4) is 0 Å². The second kappa shape index (κ2) is 8.22. The van der Waals surface area contributed by atoms with Crippen LogP contribution in [0.2, 0.25) is 0 Å². The molecular weight excluding hydrogens is 320 g/mol. The quantitative estimate of drug-likeness (QED) is 0.655. The second-order valence-electron chi connectivity index (χ2n) is 6.90. The minimum Gasteiger partial charge on any atom is -0.350 e. The summed E-state index contributed by atoms with van der Waals surface area (Å²) in [7, 11) is 0. The number of hydrogen-bond donors (Lipinski definition) is 1. The third kappa shape index (κ3) is 3.82. The van der Waals surface area contributed by atoms with Crippen molar-refractivity contribution < 1.29 is 4.79 Å². The van der Waals surface area contributed by atoms with Gasteiger partial charge in [0, 0.05) is 23.1 Å². The van der Waals surface area contributed by atoms with Crippen LogP contribution in [0.15, 0.2) is 48.5 Å². The lowest BCUT2D eigenvalue weighted by Gasteiger charge is -2.12. The summed E-state index contributed by atoms with van der Waals surface area (Å²) in [6.07, 6.45) is 3.07. The topological polar surface area (TPSA) is 34.0 Å². The number of nitrogens with zero attached hydrogens (tertiary/aromatic N) is 1. The molecule has 0 aliphatic heterocycles. The van der Waals surface area contributed by atoms with Gasteiger partial charge in [0.15, 0.2) is 0 Å². The van der Waals surface area contributed by atoms with Crippen molar-refractivity contribution in [3.05, 3.63) is 70.9 Å². The Kier molecular flexibility index (Phi) is 5.77. The van der Waals surface area contributed by atoms with E-state index >= 15 is 0 Å². The van der Waals surface area contributed by atoms with Gasteiger partial charge in [0.2, 0.25) is 5.91 Å². The van der Waals surface area contributed by atoms with Crippen LogP contribution in [0.3, 0.4) is 0 Å². The van der Waals surface area contributed by atoms with Gasteiger partial charge in [0.05, 0.1) is 0 Å². The molecule has 3 heteroatoms. The predicted octanol–water partition coefficient (Wildman–Crippen LogP) is 4.78. The second-order valence-corrected chi connectivity index (χ2v) is 6.90. The van der Waals surface area contributed by atoms with Crippen LogP contribution >= 0.6 is 0 Å². The van der Waals surface area contributed by atoms with E-state index in [1.807, 2.05) is 30.3 Å². The maximum atomic E-state index is 12.6. The number of nitrogens with one attached hydrogen (secondary N) is 1. The molecule has 0 saturated carbocycles. The van der Waals surface area contributed by atoms with Gasteiger partial charge in [0.1, 0.15) is 6.54 Å². The van der Waals surface area contributed by atoms with Crippen LogP contribution in [0.4, 0.5) is 0 Å². The molecule has 1 N–H and O–H groups in total. The Morgan fingerprint density at radius 2 is 1.85 bits per heavy atom. The van der Waals surface area contributed by atoms with Gasteiger partial charge >= 0.3 is 0 Å². The van der Waals surface area contributed by atoms with Crippen molar-refractivity contribution in [3.63, 3.8) is 0 Å². The molecule has 3 rings (SSSR count). The molecule has 26 heavy (non-hydrogen) atoms. The SMILES string of the molecule is CCCc1c(CC)c2cc(C)ccc2n1CC(=O)NCc1ccccc1. The van der Waals surface area contributed by atoms with Gasteiger partial charge in [-0.05, 0) is 43.0 Å². The fourth-order valence-corrected chi connectivity index (χ4v) is 3.68. The molecular formula is C23H28N2O. The Morgan fingerprint density at radius 3 is 2.54 bits per heavy atom. The largest absolute Gasteiger partial charge is 0.350 e. The van der Waals surface area contributed by atoms with Crippen LogP contribution in [-0.4, -0.2) is 10.5 Å². The molecule has 0 spiro atoms. The maximum absolute atomic E-state index is 12.6. The van der Waals surface area contributed by atoms with Gasteiger partial charge in [-0.25, -0.2) is 0 Å². The zero-order valence-corrected chi connectivity index (χ0v) is 16.0. The normalized spacial score (nSPS) is 11.0. The number of rotatable bonds is 7. The summed E-state index contributed by atoms with van der Waals surface area (Å²) < 4.78 is 2.22. The molecule has 3 aromatic rings. The fraction of sp³-hybridized carbons (Fsp3) is 0.348. The fourth-order valence-electron chi connectivity index (χ4n) is 3.68. The first-order valence-electron chi connectivity index (χ1n) is 9.55. The summed E-state index contributed by atoms with van der Waals surface area (Å²) in [6.45, 7) is 7.48. The monoisotopic (exact) mass is 348 g/mol. The van der Waals surface area contributed by atoms with Gasteiger partial charge in [-0.15, -0.1) is 0 Å². The molecule has 0 saturated heterocycles. The predicted molar refractivity (Wildman–Crippen MR) is 108 cm³/mol. The molecule has 0 fully saturated rings. The lowest BCUT2D eigenvalue weighted by molar-refractivity contribution is -0.121. The van der Waals surface area contributed by atoms with Crippen molar-refractivity contribution in [2.24, 2.45) is 0 Å². The zero-order chi connectivity index (χ0) is 18.5. The molecule has 0 aliphatic rings. The Morgan fingerprint density at radius 1 is 1.08 bits per heavy atom. The molecule has 0 unspecified atom stereocenters. The van der Waals surface area contributed by atoms with E-state index in [2.05, 4.69) is 48.9 Å². The molecule has 1 heterocycles. The minimum atomic E-state index is 0.0614. The van der Waals surface area contributed by atoms with Crippen molar-refractivity contribution in [1.29, 1.82) is 0 Å². The number of benzene rings is 2. The number of fused-ring (bicyclic) bond motifs is 1. The molecule has 136 valence electrons. The van der Waals surface area contributed by atoms with Crippen LogP contribution in [0.5, 0.6) is 0 Å². The summed E-state index contributed by atoms with van der Waals surface area (Å²) in [5.74, 6) is 0.0614. The van der Waals surface area contributed by atoms with E-state index in [0.717, 1.165) is 24.8 Å². The molecule has 1 aromatic heterocycles. The van der Waals surface area contributed by atoms with Crippen molar-refractivity contribution in [2.75, 3.05) is 0 Å². The maximum Gasteiger partial charge on any atom is 0.240 e. The third-order valence-electron chi connectivity index (χ3n) is 4.92. The smallest absolute Gasteiger partial charge is 0.240 e.